The van der Waals surface area contributed by atoms with Crippen LogP contribution in [0.1, 0.15) is 33.1 Å². The molecule has 4 aliphatic rings. The molecule has 13 nitrogen and oxygen atoms in total. The SMILES string of the molecule is CNCC(=O)N[C@H](C)[C@H]1C(=O)N2C(C(=O)O)=C(S[C@@H]3CN[C@H](C(=O)N4CCC(NC(=O)CN)CC4)C3)[C@H](C)[C@H]12. The fourth-order valence-corrected chi connectivity index (χ4v) is 7.64. The number of carbonyl (C=O) groups excluding carboxylic acids is 4. The number of nitrogens with two attached hydrogens (primary N) is 1. The van der Waals surface area contributed by atoms with Crippen molar-refractivity contribution in [3.8, 4) is 0 Å². The monoisotopic (exact) mass is 565 g/mol. The average molecular weight is 566 g/mol. The molecule has 0 radical (unpaired) electrons. The lowest BCUT2D eigenvalue weighted by Gasteiger charge is -2.47. The summed E-state index contributed by atoms with van der Waals surface area (Å²) in [5.41, 5.74) is 5.38. The lowest BCUT2D eigenvalue weighted by Crippen LogP contribution is -2.66. The Morgan fingerprint density at radius 1 is 1.21 bits per heavy atom. The smallest absolute Gasteiger partial charge is 0.353 e. The lowest BCUT2D eigenvalue weighted by atomic mass is 9.78. The Labute approximate surface area is 232 Å². The number of β-lactam (4-membered cyclic amide) rings is 1. The van der Waals surface area contributed by atoms with Crippen LogP contribution < -0.4 is 27.0 Å². The molecule has 0 saturated carbocycles. The van der Waals surface area contributed by atoms with Crippen LogP contribution in [0.3, 0.4) is 0 Å². The number of carboxylic acids is 1. The van der Waals surface area contributed by atoms with Gasteiger partial charge in [-0.15, -0.1) is 11.8 Å². The molecule has 3 fully saturated rings. The van der Waals surface area contributed by atoms with E-state index in [-0.39, 0.29) is 71.7 Å². The minimum Gasteiger partial charge on any atom is -0.477 e. The minimum absolute atomic E-state index is 0.0128. The summed E-state index contributed by atoms with van der Waals surface area (Å²) in [7, 11) is 1.66. The third-order valence-corrected chi connectivity index (χ3v) is 9.61. The molecule has 3 saturated heterocycles. The molecule has 4 heterocycles. The number of likely N-dealkylation sites (N-methyl/N-ethyl adjacent to an activating group) is 1. The zero-order valence-electron chi connectivity index (χ0n) is 22.6. The second-order valence-electron chi connectivity index (χ2n) is 10.7. The highest BCUT2D eigenvalue weighted by Crippen LogP contribution is 2.51. The summed E-state index contributed by atoms with van der Waals surface area (Å²) in [4.78, 5) is 65.9. The lowest BCUT2D eigenvalue weighted by molar-refractivity contribution is -0.158. The number of carbonyl (C=O) groups is 5. The summed E-state index contributed by atoms with van der Waals surface area (Å²) in [5, 5.41) is 21.8. The molecule has 0 aromatic carbocycles. The molecule has 7 N–H and O–H groups in total. The van der Waals surface area contributed by atoms with Crippen LogP contribution in [-0.2, 0) is 24.0 Å². The molecule has 14 heteroatoms. The molecule has 0 aliphatic carbocycles. The molecule has 4 aliphatic heterocycles. The Kier molecular flexibility index (Phi) is 9.19. The Morgan fingerprint density at radius 3 is 2.51 bits per heavy atom. The van der Waals surface area contributed by atoms with Crippen LogP contribution in [0.2, 0.25) is 0 Å². The Hall–Kier alpha value is -2.68. The van der Waals surface area contributed by atoms with E-state index in [4.69, 9.17) is 5.73 Å². The zero-order valence-corrected chi connectivity index (χ0v) is 23.4. The van der Waals surface area contributed by atoms with Gasteiger partial charge in [-0.05, 0) is 33.2 Å². The standard InChI is InChI=1S/C25H39N7O6S/c1-12-20-19(13(2)29-18(34)11-27-3)24(36)32(20)21(25(37)38)22(12)39-15-8-16(28-10-15)23(35)31-6-4-14(5-7-31)30-17(33)9-26/h12-16,19-20,27-28H,4-11,26H2,1-3H3,(H,29,34)(H,30,33)(H,37,38)/t12-,13-,15+,16+,19-,20-/m1/s1. The van der Waals surface area contributed by atoms with Gasteiger partial charge in [-0.1, -0.05) is 6.92 Å². The molecule has 6 atom stereocenters. The van der Waals surface area contributed by atoms with Gasteiger partial charge in [-0.2, -0.15) is 0 Å². The molecular weight excluding hydrogens is 526 g/mol. The van der Waals surface area contributed by atoms with Crippen LogP contribution in [0.25, 0.3) is 0 Å². The first-order chi connectivity index (χ1) is 18.6. The minimum atomic E-state index is -1.14. The number of nitrogens with zero attached hydrogens (tertiary/aromatic N) is 2. The molecule has 4 amide bonds. The van der Waals surface area contributed by atoms with E-state index in [2.05, 4.69) is 21.3 Å². The van der Waals surface area contributed by atoms with Gasteiger partial charge in [0.1, 0.15) is 5.70 Å². The highest BCUT2D eigenvalue weighted by atomic mass is 32.2. The number of piperidine rings is 1. The van der Waals surface area contributed by atoms with Crippen LogP contribution >= 0.6 is 11.8 Å². The quantitative estimate of drug-likeness (QED) is 0.162. The number of hydrogen-bond acceptors (Lipinski definition) is 9. The number of likely N-dealkylation sites (tertiary alicyclic amines) is 1. The second kappa shape index (κ2) is 12.2. The fraction of sp³-hybridized carbons (Fsp3) is 0.720. The van der Waals surface area contributed by atoms with E-state index >= 15 is 0 Å². The van der Waals surface area contributed by atoms with Gasteiger partial charge in [-0.25, -0.2) is 4.79 Å². The van der Waals surface area contributed by atoms with Gasteiger partial charge < -0.3 is 41.9 Å². The first kappa shape index (κ1) is 29.3. The van der Waals surface area contributed by atoms with Crippen LogP contribution in [0.4, 0.5) is 0 Å². The van der Waals surface area contributed by atoms with Gasteiger partial charge in [0.05, 0.1) is 31.1 Å². The van der Waals surface area contributed by atoms with Crippen molar-refractivity contribution >= 4 is 41.4 Å². The maximum absolute atomic E-state index is 13.2. The van der Waals surface area contributed by atoms with E-state index in [0.29, 0.717) is 43.8 Å². The van der Waals surface area contributed by atoms with Crippen LogP contribution in [0.15, 0.2) is 10.6 Å². The van der Waals surface area contributed by atoms with Gasteiger partial charge in [0.25, 0.3) is 0 Å². The first-order valence-electron chi connectivity index (χ1n) is 13.5. The highest BCUT2D eigenvalue weighted by Gasteiger charge is 2.60. The summed E-state index contributed by atoms with van der Waals surface area (Å²) in [6.45, 7) is 5.44. The second-order valence-corrected chi connectivity index (χ2v) is 12.1. The van der Waals surface area contributed by atoms with E-state index < -0.39 is 17.9 Å². The molecule has 0 aromatic heterocycles. The maximum Gasteiger partial charge on any atom is 0.353 e. The molecule has 0 bridgehead atoms. The molecule has 0 aromatic rings. The first-order valence-corrected chi connectivity index (χ1v) is 14.4. The maximum atomic E-state index is 13.2. The Morgan fingerprint density at radius 2 is 1.90 bits per heavy atom. The van der Waals surface area contributed by atoms with Crippen molar-refractivity contribution in [3.05, 3.63) is 10.6 Å². The number of rotatable bonds is 10. The molecule has 4 rings (SSSR count). The highest BCUT2D eigenvalue weighted by molar-refractivity contribution is 8.03. The van der Waals surface area contributed by atoms with Gasteiger partial charge >= 0.3 is 5.97 Å². The Bertz CT molecular complexity index is 1050. The fourth-order valence-electron chi connectivity index (χ4n) is 6.16. The molecule has 39 heavy (non-hydrogen) atoms. The van der Waals surface area contributed by atoms with E-state index in [0.717, 1.165) is 0 Å². The summed E-state index contributed by atoms with van der Waals surface area (Å²) >= 11 is 1.44. The van der Waals surface area contributed by atoms with E-state index in [1.165, 1.54) is 16.7 Å². The van der Waals surface area contributed by atoms with Gasteiger partial charge in [0.15, 0.2) is 0 Å². The number of nitrogens with one attached hydrogen (secondary N) is 4. The summed E-state index contributed by atoms with van der Waals surface area (Å²) in [6, 6.07) is -1.10. The number of thioether (sulfide) groups is 1. The van der Waals surface area contributed by atoms with E-state index in [9.17, 15) is 29.1 Å². The molecular formula is C25H39N7O6S. The van der Waals surface area contributed by atoms with Crippen molar-refractivity contribution in [2.24, 2.45) is 17.6 Å². The number of hydrogen-bond donors (Lipinski definition) is 6. The predicted octanol–water partition coefficient (Wildman–Crippen LogP) is -1.99. The van der Waals surface area contributed by atoms with Crippen LogP contribution in [-0.4, -0.2) is 114 Å². The van der Waals surface area contributed by atoms with E-state index in [1.54, 1.807) is 14.0 Å². The third kappa shape index (κ3) is 5.93. The molecule has 0 unspecified atom stereocenters. The van der Waals surface area contributed by atoms with E-state index in [1.807, 2.05) is 11.8 Å². The number of carboxylic acid groups (broad SMARTS) is 1. The van der Waals surface area contributed by atoms with Crippen molar-refractivity contribution < 1.29 is 29.1 Å². The van der Waals surface area contributed by atoms with Crippen molar-refractivity contribution in [1.29, 1.82) is 0 Å². The summed E-state index contributed by atoms with van der Waals surface area (Å²) in [6.07, 6.45) is 1.90. The van der Waals surface area contributed by atoms with Crippen LogP contribution in [0, 0.1) is 11.8 Å². The zero-order chi connectivity index (χ0) is 28.4. The van der Waals surface area contributed by atoms with Gasteiger partial charge in [0, 0.05) is 47.8 Å². The largest absolute Gasteiger partial charge is 0.477 e. The topological polar surface area (TPSA) is 186 Å². The third-order valence-electron chi connectivity index (χ3n) is 8.10. The number of amides is 4. The normalized spacial score (nSPS) is 29.6. The van der Waals surface area contributed by atoms with Crippen molar-refractivity contribution in [1.82, 2.24) is 31.1 Å². The predicted molar refractivity (Wildman–Crippen MR) is 144 cm³/mol. The van der Waals surface area contributed by atoms with Gasteiger partial charge in [0.2, 0.25) is 23.6 Å². The van der Waals surface area contributed by atoms with Gasteiger partial charge in [-0.3, -0.25) is 19.2 Å². The Balaban J connectivity index is 1.35. The molecule has 0 spiro atoms. The van der Waals surface area contributed by atoms with Crippen LogP contribution in [0.5, 0.6) is 0 Å². The average Bonchev–Trinajstić information content (AvgIpc) is 3.45. The molecule has 216 valence electrons. The number of aliphatic carboxylic acids is 1. The van der Waals surface area contributed by atoms with Crippen molar-refractivity contribution in [3.63, 3.8) is 0 Å². The number of fused-ring (bicyclic) bond motifs is 1. The summed E-state index contributed by atoms with van der Waals surface area (Å²) in [5.74, 6) is -2.54. The van der Waals surface area contributed by atoms with Crippen molar-refractivity contribution in [2.75, 3.05) is 39.8 Å². The van der Waals surface area contributed by atoms with Crippen molar-refractivity contribution in [2.45, 2.75) is 62.5 Å². The summed E-state index contributed by atoms with van der Waals surface area (Å²) < 4.78 is 0.